The van der Waals surface area contributed by atoms with Crippen molar-refractivity contribution in [1.29, 1.82) is 0 Å². The van der Waals surface area contributed by atoms with Crippen LogP contribution in [0.5, 0.6) is 0 Å². The zero-order chi connectivity index (χ0) is 51.3. The summed E-state index contributed by atoms with van der Waals surface area (Å²) in [5, 5.41) is 129. The van der Waals surface area contributed by atoms with Gasteiger partial charge in [0.25, 0.3) is 0 Å². The van der Waals surface area contributed by atoms with E-state index in [2.05, 4.69) is 26.1 Å². The molecule has 24 heteroatoms. The third-order valence-corrected chi connectivity index (χ3v) is 15.8. The Morgan fingerprint density at radius 2 is 1.20 bits per heavy atom. The van der Waals surface area contributed by atoms with Gasteiger partial charge in [0.1, 0.15) is 31.0 Å². The van der Waals surface area contributed by atoms with Crippen molar-refractivity contribution in [2.75, 3.05) is 79.1 Å². The molecular formula is C45H75GdN5O18-. The summed E-state index contributed by atoms with van der Waals surface area (Å²) in [5.74, 6) is -7.13. The van der Waals surface area contributed by atoms with Gasteiger partial charge in [-0.25, -0.2) is 0 Å². The molecule has 0 saturated heterocycles. The largest absolute Gasteiger partial charge is 3.00 e. The minimum Gasteiger partial charge on any atom is -0.550 e. The number of aliphatic hydroxyl groups is 7. The molecule has 397 valence electrons. The molecule has 4 rings (SSSR count). The van der Waals surface area contributed by atoms with E-state index < -0.39 is 111 Å². The number of amides is 1. The predicted molar refractivity (Wildman–Crippen MR) is 227 cm³/mol. The Morgan fingerprint density at radius 3 is 1.68 bits per heavy atom. The molecule has 0 bridgehead atoms. The first kappa shape index (κ1) is 62.8. The van der Waals surface area contributed by atoms with Gasteiger partial charge < -0.3 is 95.9 Å². The molecule has 0 aromatic rings. The van der Waals surface area contributed by atoms with Gasteiger partial charge in [0.05, 0.1) is 56.3 Å². The zero-order valence-electron chi connectivity index (χ0n) is 40.0. The molecule has 0 heterocycles. The van der Waals surface area contributed by atoms with Crippen LogP contribution >= 0.6 is 0 Å². The Balaban J connectivity index is 0.00000102. The van der Waals surface area contributed by atoms with Crippen LogP contribution in [0, 0.1) is 86.3 Å². The van der Waals surface area contributed by atoms with Crippen LogP contribution in [0.15, 0.2) is 0 Å². The smallest absolute Gasteiger partial charge is 0.550 e. The molecular weight excluding hydrogens is 1060 g/mol. The van der Waals surface area contributed by atoms with Crippen LogP contribution in [-0.4, -0.2) is 208 Å². The first-order valence-electron chi connectivity index (χ1n) is 23.7. The van der Waals surface area contributed by atoms with E-state index >= 15 is 0 Å². The quantitative estimate of drug-likeness (QED) is 0.0369. The van der Waals surface area contributed by atoms with Crippen molar-refractivity contribution < 1.29 is 135 Å². The van der Waals surface area contributed by atoms with Gasteiger partial charge in [-0.15, -0.1) is 0 Å². The molecule has 1 amide bonds. The Morgan fingerprint density at radius 1 is 0.696 bits per heavy atom. The topological polar surface area (TPSA) is 398 Å². The van der Waals surface area contributed by atoms with E-state index in [1.807, 2.05) is 0 Å². The van der Waals surface area contributed by atoms with Gasteiger partial charge in [0.2, 0.25) is 5.91 Å². The van der Waals surface area contributed by atoms with Crippen LogP contribution in [0.3, 0.4) is 0 Å². The van der Waals surface area contributed by atoms with Crippen LogP contribution in [0.4, 0.5) is 0 Å². The number of hydrogen-bond acceptors (Lipinski definition) is 21. The van der Waals surface area contributed by atoms with E-state index in [1.165, 1.54) is 0 Å². The fourth-order valence-electron chi connectivity index (χ4n) is 12.2. The van der Waals surface area contributed by atoms with Gasteiger partial charge in [0, 0.05) is 64.4 Å². The molecule has 4 aliphatic carbocycles. The van der Waals surface area contributed by atoms with Crippen molar-refractivity contribution >= 4 is 35.8 Å². The number of nitrogens with zero attached hydrogens (tertiary/aromatic N) is 3. The molecule has 10 N–H and O–H groups in total. The molecule has 15 atom stereocenters. The Bertz CT molecular complexity index is 1620. The van der Waals surface area contributed by atoms with Gasteiger partial charge in [-0.2, -0.15) is 0 Å². The van der Waals surface area contributed by atoms with Gasteiger partial charge in [-0.1, -0.05) is 20.8 Å². The molecule has 23 nitrogen and oxygen atoms in total. The molecule has 1 radical (unpaired) electrons. The Hall–Kier alpha value is -2.30. The fraction of sp³-hybridized carbons (Fsp3) is 0.867. The summed E-state index contributed by atoms with van der Waals surface area (Å²) in [6.45, 7) is 2.55. The van der Waals surface area contributed by atoms with Crippen LogP contribution in [0.25, 0.3) is 0 Å². The average molecular weight is 1130 g/mol. The predicted octanol–water partition coefficient (Wildman–Crippen LogP) is -10.2. The number of aliphatic hydroxyl groups excluding tert-OH is 7. The van der Waals surface area contributed by atoms with E-state index in [9.17, 15) is 74.7 Å². The van der Waals surface area contributed by atoms with Gasteiger partial charge in [0.15, 0.2) is 0 Å². The second-order valence-electron chi connectivity index (χ2n) is 20.2. The molecule has 0 spiro atoms. The maximum Gasteiger partial charge on any atom is 3.00 e. The molecule has 69 heavy (non-hydrogen) atoms. The van der Waals surface area contributed by atoms with E-state index in [0.717, 1.165) is 29.1 Å². The number of aliphatic carboxylic acids is 5. The number of carboxylic acid groups (broad SMARTS) is 5. The molecule has 4 fully saturated rings. The van der Waals surface area contributed by atoms with E-state index in [-0.39, 0.29) is 133 Å². The Labute approximate surface area is 435 Å². The number of rotatable bonds is 27. The summed E-state index contributed by atoms with van der Waals surface area (Å²) in [5.41, 5.74) is -0.632. The summed E-state index contributed by atoms with van der Waals surface area (Å²) < 4.78 is 0. The molecule has 4 unspecified atom stereocenters. The molecule has 0 aromatic carbocycles. The number of nitrogens with two attached hydrogens (primary N) is 1. The summed E-state index contributed by atoms with van der Waals surface area (Å²) in [6.07, 6.45) is -1.47. The van der Waals surface area contributed by atoms with Crippen molar-refractivity contribution in [2.24, 2.45) is 46.3 Å². The summed E-state index contributed by atoms with van der Waals surface area (Å²) in [4.78, 5) is 73.2. The number of likely N-dealkylation sites (N-methyl/N-ethyl adjacent to an activating group) is 1. The first-order valence-corrected chi connectivity index (χ1v) is 23.7. The van der Waals surface area contributed by atoms with Crippen molar-refractivity contribution in [3.8, 4) is 0 Å². The number of carbonyl (C=O) groups excluding carboxylic acids is 6. The second-order valence-corrected chi connectivity index (χ2v) is 20.2. The van der Waals surface area contributed by atoms with E-state index in [0.29, 0.717) is 32.1 Å². The number of carbonyl (C=O) groups is 6. The maximum atomic E-state index is 13.5. The van der Waals surface area contributed by atoms with Crippen LogP contribution in [0.1, 0.15) is 78.6 Å². The first-order chi connectivity index (χ1) is 31.8. The van der Waals surface area contributed by atoms with Crippen molar-refractivity contribution in [1.82, 2.24) is 20.0 Å². The summed E-state index contributed by atoms with van der Waals surface area (Å²) >= 11 is 0. The number of hydrogen-bond donors (Lipinski definition) is 9. The van der Waals surface area contributed by atoms with E-state index in [1.54, 1.807) is 17.3 Å². The van der Waals surface area contributed by atoms with Gasteiger partial charge >= 0.3 is 39.9 Å². The third kappa shape index (κ3) is 17.7. The van der Waals surface area contributed by atoms with Gasteiger partial charge in [-0.05, 0) is 104 Å². The standard InChI is InChI=1S/C38H62N4O13.C7H17NO5.Gd/c1-22(4-7-31(46)47)25-5-6-26-36-27(16-29(44)38(25,26)3)37(2)9-8-24(14-23(37)15-28(36)43)39-30(45)17-40(10-12-41(18-32(48)49)19-33(50)51)11-13-42(20-34(52)53)21-35(54)55;1-8-2-4(10)6(12)7(13)5(11)3-9;/h22-29,36,43-44H,4-21H2,1-3H3,(H,39,45)(H,46,47)(H,48,49)(H,50,51)(H,52,53)(H,54,55);4-13H,2-3H2,1H3;/q;;+3/p-4/t22?,23-,24-,25+,26?,27?,28+,29-,36?,37-,38+;4-,5+,6+,7+;/m00./s1. The summed E-state index contributed by atoms with van der Waals surface area (Å²) in [6, 6.07) is -0.240. The average Bonchev–Trinajstić information content (AvgIpc) is 3.61. The normalized spacial score (nSPS) is 30.5. The molecule has 0 aliphatic heterocycles. The molecule has 0 aromatic heterocycles. The monoisotopic (exact) mass is 1130 g/mol. The minimum absolute atomic E-state index is 0. The summed E-state index contributed by atoms with van der Waals surface area (Å²) in [7, 11) is 1.70. The number of carboxylic acids is 5. The van der Waals surface area contributed by atoms with Crippen molar-refractivity contribution in [3.05, 3.63) is 0 Å². The minimum atomic E-state index is -1.53. The van der Waals surface area contributed by atoms with Crippen LogP contribution in [0.2, 0.25) is 0 Å². The zero-order valence-corrected chi connectivity index (χ0v) is 42.3. The number of nitrogens with one attached hydrogen (secondary N) is 1. The Kier molecular flexibility index (Phi) is 26.2. The van der Waals surface area contributed by atoms with Crippen LogP contribution < -0.4 is 36.2 Å². The van der Waals surface area contributed by atoms with Crippen molar-refractivity contribution in [2.45, 2.75) is 121 Å². The van der Waals surface area contributed by atoms with E-state index in [4.69, 9.17) is 15.3 Å². The second kappa shape index (κ2) is 28.8. The maximum absolute atomic E-state index is 13.5. The van der Waals surface area contributed by atoms with Gasteiger partial charge in [-0.3, -0.25) is 19.5 Å². The fourth-order valence-corrected chi connectivity index (χ4v) is 12.2. The van der Waals surface area contributed by atoms with Crippen molar-refractivity contribution in [3.63, 3.8) is 0 Å². The number of quaternary nitrogens is 1. The SMILES string of the molecule is CC(CCC(=O)[O-])[C@H]1CCC2C3C(C[C@H](O)[C@@]21C)[C@@]1(C)CC[C@H](NC(=O)CN(CCN(CC(=O)[O-])CC(=O)[O-])CCN(CC(=O)[O-])CC(=O)[O-])C[C@H]1C[C@H]3O.C[NH2+]C[C@H](O)[C@@H](O)[C@H](O)[C@H](O)CO.[Gd+3]. The molecule has 4 saturated carbocycles. The van der Waals surface area contributed by atoms with Crippen LogP contribution in [-0.2, 0) is 28.8 Å². The third-order valence-electron chi connectivity index (χ3n) is 15.8. The molecule has 4 aliphatic rings. The number of fused-ring (bicyclic) bond motifs is 5.